The Morgan fingerprint density at radius 2 is 1.83 bits per heavy atom. The topological polar surface area (TPSA) is 34.6 Å². The SMILES string of the molecule is CCCCN(CCC)c1cccnc1-c1ccc2c(c1)OCCO2. The highest BCUT2D eigenvalue weighted by Gasteiger charge is 2.17. The second kappa shape index (κ2) is 8.04. The Kier molecular flexibility index (Phi) is 5.57. The fourth-order valence-electron chi connectivity index (χ4n) is 3.04. The van der Waals surface area contributed by atoms with Gasteiger partial charge in [0.1, 0.15) is 13.2 Å². The van der Waals surface area contributed by atoms with Crippen LogP contribution in [-0.2, 0) is 0 Å². The van der Waals surface area contributed by atoms with Gasteiger partial charge in [-0.3, -0.25) is 4.98 Å². The highest BCUT2D eigenvalue weighted by Crippen LogP contribution is 2.37. The summed E-state index contributed by atoms with van der Waals surface area (Å²) in [7, 11) is 0. The molecule has 0 N–H and O–H groups in total. The normalized spacial score (nSPS) is 12.9. The number of anilines is 1. The van der Waals surface area contributed by atoms with Crippen molar-refractivity contribution in [2.75, 3.05) is 31.2 Å². The first kappa shape index (κ1) is 16.6. The van der Waals surface area contributed by atoms with Gasteiger partial charge in [0.15, 0.2) is 11.5 Å². The van der Waals surface area contributed by atoms with Gasteiger partial charge in [-0.2, -0.15) is 0 Å². The summed E-state index contributed by atoms with van der Waals surface area (Å²) in [6.07, 6.45) is 5.37. The average molecular weight is 326 g/mol. The molecule has 4 nitrogen and oxygen atoms in total. The highest BCUT2D eigenvalue weighted by atomic mass is 16.6. The molecule has 24 heavy (non-hydrogen) atoms. The molecule has 1 aliphatic heterocycles. The van der Waals surface area contributed by atoms with Gasteiger partial charge in [0.2, 0.25) is 0 Å². The van der Waals surface area contributed by atoms with Gasteiger partial charge in [-0.25, -0.2) is 0 Å². The first-order valence-electron chi connectivity index (χ1n) is 8.93. The van der Waals surface area contributed by atoms with E-state index < -0.39 is 0 Å². The van der Waals surface area contributed by atoms with Crippen LogP contribution in [0.25, 0.3) is 11.3 Å². The number of hydrogen-bond acceptors (Lipinski definition) is 4. The van der Waals surface area contributed by atoms with Crippen molar-refractivity contribution in [2.24, 2.45) is 0 Å². The van der Waals surface area contributed by atoms with Crippen molar-refractivity contribution in [2.45, 2.75) is 33.1 Å². The number of fused-ring (bicyclic) bond motifs is 1. The third kappa shape index (κ3) is 3.64. The standard InChI is InChI=1S/C20H26N2O2/c1-3-5-12-22(11-4-2)17-7-6-10-21-20(17)16-8-9-18-19(15-16)24-14-13-23-18/h6-10,15H,3-5,11-14H2,1-2H3. The van der Waals surface area contributed by atoms with Crippen LogP contribution in [0.1, 0.15) is 33.1 Å². The summed E-state index contributed by atoms with van der Waals surface area (Å²) in [5, 5.41) is 0. The first-order valence-corrected chi connectivity index (χ1v) is 8.93. The Morgan fingerprint density at radius 1 is 1.00 bits per heavy atom. The molecule has 0 atom stereocenters. The Labute approximate surface area is 144 Å². The molecule has 0 radical (unpaired) electrons. The lowest BCUT2D eigenvalue weighted by atomic mass is 10.1. The van der Waals surface area contributed by atoms with Gasteiger partial charge in [0.05, 0.1) is 11.4 Å². The summed E-state index contributed by atoms with van der Waals surface area (Å²) in [4.78, 5) is 7.12. The summed E-state index contributed by atoms with van der Waals surface area (Å²) < 4.78 is 11.4. The summed E-state index contributed by atoms with van der Waals surface area (Å²) in [6.45, 7) is 7.78. The van der Waals surface area contributed by atoms with Crippen molar-refractivity contribution < 1.29 is 9.47 Å². The van der Waals surface area contributed by atoms with Crippen LogP contribution in [0, 0.1) is 0 Å². The van der Waals surface area contributed by atoms with Crippen LogP contribution in [0.15, 0.2) is 36.5 Å². The van der Waals surface area contributed by atoms with E-state index in [2.05, 4.69) is 35.9 Å². The molecule has 1 aromatic carbocycles. The number of aromatic nitrogens is 1. The Balaban J connectivity index is 1.96. The number of pyridine rings is 1. The fraction of sp³-hybridized carbons (Fsp3) is 0.450. The molecule has 3 rings (SSSR count). The molecule has 0 amide bonds. The number of ether oxygens (including phenoxy) is 2. The second-order valence-corrected chi connectivity index (χ2v) is 6.07. The van der Waals surface area contributed by atoms with E-state index in [1.165, 1.54) is 18.5 Å². The fourth-order valence-corrected chi connectivity index (χ4v) is 3.04. The van der Waals surface area contributed by atoms with Crippen LogP contribution in [0.5, 0.6) is 11.5 Å². The van der Waals surface area contributed by atoms with Crippen LogP contribution >= 0.6 is 0 Å². The second-order valence-electron chi connectivity index (χ2n) is 6.07. The van der Waals surface area contributed by atoms with E-state index in [1.54, 1.807) is 0 Å². The summed E-state index contributed by atoms with van der Waals surface area (Å²) in [5.41, 5.74) is 3.29. The molecule has 1 aromatic heterocycles. The van der Waals surface area contributed by atoms with Crippen LogP contribution in [0.4, 0.5) is 5.69 Å². The van der Waals surface area contributed by atoms with E-state index in [1.807, 2.05) is 24.4 Å². The summed E-state index contributed by atoms with van der Waals surface area (Å²) >= 11 is 0. The van der Waals surface area contributed by atoms with Crippen molar-refractivity contribution in [3.63, 3.8) is 0 Å². The number of rotatable bonds is 7. The third-order valence-electron chi connectivity index (χ3n) is 4.22. The van der Waals surface area contributed by atoms with Crippen LogP contribution < -0.4 is 14.4 Å². The van der Waals surface area contributed by atoms with Crippen molar-refractivity contribution in [1.29, 1.82) is 0 Å². The molecule has 2 heterocycles. The molecule has 0 bridgehead atoms. The largest absolute Gasteiger partial charge is 0.486 e. The molecule has 0 aliphatic carbocycles. The van der Waals surface area contributed by atoms with Gasteiger partial charge in [0.25, 0.3) is 0 Å². The minimum Gasteiger partial charge on any atom is -0.486 e. The van der Waals surface area contributed by atoms with Crippen molar-refractivity contribution in [3.05, 3.63) is 36.5 Å². The van der Waals surface area contributed by atoms with E-state index in [9.17, 15) is 0 Å². The maximum atomic E-state index is 5.73. The molecular weight excluding hydrogens is 300 g/mol. The third-order valence-corrected chi connectivity index (χ3v) is 4.22. The van der Waals surface area contributed by atoms with E-state index in [0.29, 0.717) is 13.2 Å². The van der Waals surface area contributed by atoms with Gasteiger partial charge in [-0.15, -0.1) is 0 Å². The Bertz CT molecular complexity index is 672. The van der Waals surface area contributed by atoms with Crippen LogP contribution in [0.3, 0.4) is 0 Å². The molecule has 0 saturated heterocycles. The zero-order valence-corrected chi connectivity index (χ0v) is 14.6. The van der Waals surface area contributed by atoms with E-state index in [-0.39, 0.29) is 0 Å². The lowest BCUT2D eigenvalue weighted by Crippen LogP contribution is -2.26. The number of hydrogen-bond donors (Lipinski definition) is 0. The molecule has 2 aromatic rings. The Hall–Kier alpha value is -2.23. The van der Waals surface area contributed by atoms with Crippen molar-refractivity contribution in [3.8, 4) is 22.8 Å². The smallest absolute Gasteiger partial charge is 0.162 e. The number of unbranched alkanes of at least 4 members (excludes halogenated alkanes) is 1. The van der Waals surface area contributed by atoms with Gasteiger partial charge in [-0.05, 0) is 43.2 Å². The van der Waals surface area contributed by atoms with Gasteiger partial charge in [-0.1, -0.05) is 20.3 Å². The zero-order valence-electron chi connectivity index (χ0n) is 14.6. The van der Waals surface area contributed by atoms with E-state index >= 15 is 0 Å². The quantitative estimate of drug-likeness (QED) is 0.748. The minimum atomic E-state index is 0.601. The molecule has 0 unspecified atom stereocenters. The molecule has 128 valence electrons. The molecule has 4 heteroatoms. The molecule has 0 fully saturated rings. The van der Waals surface area contributed by atoms with Gasteiger partial charge in [0, 0.05) is 24.8 Å². The average Bonchev–Trinajstić information content (AvgIpc) is 2.65. The Morgan fingerprint density at radius 3 is 2.62 bits per heavy atom. The summed E-state index contributed by atoms with van der Waals surface area (Å²) in [6, 6.07) is 10.3. The number of nitrogens with zero attached hydrogens (tertiary/aromatic N) is 2. The van der Waals surface area contributed by atoms with E-state index in [4.69, 9.17) is 9.47 Å². The maximum Gasteiger partial charge on any atom is 0.162 e. The monoisotopic (exact) mass is 326 g/mol. The molecule has 1 aliphatic rings. The highest BCUT2D eigenvalue weighted by molar-refractivity contribution is 5.76. The van der Waals surface area contributed by atoms with E-state index in [0.717, 1.165) is 42.3 Å². The zero-order chi connectivity index (χ0) is 16.8. The lowest BCUT2D eigenvalue weighted by Gasteiger charge is -2.26. The molecule has 0 spiro atoms. The molecule has 0 saturated carbocycles. The van der Waals surface area contributed by atoms with Gasteiger partial charge >= 0.3 is 0 Å². The molecular formula is C20H26N2O2. The van der Waals surface area contributed by atoms with Crippen LogP contribution in [-0.4, -0.2) is 31.3 Å². The minimum absolute atomic E-state index is 0.601. The predicted octanol–water partition coefficient (Wildman–Crippen LogP) is 4.54. The van der Waals surface area contributed by atoms with Crippen molar-refractivity contribution in [1.82, 2.24) is 4.98 Å². The van der Waals surface area contributed by atoms with Crippen molar-refractivity contribution >= 4 is 5.69 Å². The van der Waals surface area contributed by atoms with Crippen LogP contribution in [0.2, 0.25) is 0 Å². The first-order chi connectivity index (χ1) is 11.8. The summed E-state index contributed by atoms with van der Waals surface area (Å²) in [5.74, 6) is 1.63. The lowest BCUT2D eigenvalue weighted by molar-refractivity contribution is 0.171. The van der Waals surface area contributed by atoms with Gasteiger partial charge < -0.3 is 14.4 Å². The maximum absolute atomic E-state index is 5.73. The predicted molar refractivity (Wildman–Crippen MR) is 98.1 cm³/mol. The number of benzene rings is 1.